The lowest BCUT2D eigenvalue weighted by atomic mass is 10.2. The minimum atomic E-state index is -0.993. The lowest BCUT2D eigenvalue weighted by Crippen LogP contribution is -2.33. The van der Waals surface area contributed by atoms with Crippen LogP contribution in [0.2, 0.25) is 0 Å². The highest BCUT2D eigenvalue weighted by Crippen LogP contribution is 2.24. The summed E-state index contributed by atoms with van der Waals surface area (Å²) in [5.41, 5.74) is 0.716. The van der Waals surface area contributed by atoms with E-state index in [4.69, 9.17) is 9.84 Å². The van der Waals surface area contributed by atoms with Gasteiger partial charge in [0.1, 0.15) is 17.4 Å². The second-order valence-electron chi connectivity index (χ2n) is 7.14. The number of hydrogen-bond donors (Lipinski definition) is 1. The lowest BCUT2D eigenvalue weighted by molar-refractivity contribution is -0.403. The first-order valence-electron chi connectivity index (χ1n) is 10.8. The molecule has 0 saturated carbocycles. The molecule has 0 unspecified atom stereocenters. The van der Waals surface area contributed by atoms with Crippen LogP contribution in [0.15, 0.2) is 58.6 Å². The van der Waals surface area contributed by atoms with E-state index >= 15 is 0 Å². The van der Waals surface area contributed by atoms with Crippen LogP contribution < -0.4 is 10.3 Å². The van der Waals surface area contributed by atoms with Crippen molar-refractivity contribution < 1.29 is 24.4 Å². The summed E-state index contributed by atoms with van der Waals surface area (Å²) in [6.45, 7) is 3.51. The molecule has 0 radical (unpaired) electrons. The van der Waals surface area contributed by atoms with Gasteiger partial charge in [-0.2, -0.15) is 5.10 Å². The van der Waals surface area contributed by atoms with Gasteiger partial charge >= 0.3 is 6.09 Å². The third kappa shape index (κ3) is 9.49. The molecule has 2 aromatic rings. The maximum atomic E-state index is 12.0. The zero-order valence-electron chi connectivity index (χ0n) is 19.2. The maximum Gasteiger partial charge on any atom is 0.407 e. The predicted octanol–water partition coefficient (Wildman–Crippen LogP) is 2.33. The van der Waals surface area contributed by atoms with Crippen LogP contribution in [0.4, 0.5) is 4.79 Å². The number of nitrogens with zero attached hydrogens (tertiary/aromatic N) is 5. The molecular weight excluding hydrogens is 478 g/mol. The Bertz CT molecular complexity index is 1080. The van der Waals surface area contributed by atoms with Gasteiger partial charge in [0.05, 0.1) is 24.2 Å². The number of hydrogen-bond acceptors (Lipinski definition) is 8. The molecule has 1 aromatic carbocycles. The Morgan fingerprint density at radius 1 is 1.37 bits per heavy atom. The maximum absolute atomic E-state index is 12.0. The molecule has 1 fully saturated rings. The molecule has 1 saturated heterocycles. The van der Waals surface area contributed by atoms with Gasteiger partial charge in [-0.1, -0.05) is 30.3 Å². The van der Waals surface area contributed by atoms with Crippen molar-refractivity contribution in [3.05, 3.63) is 79.9 Å². The molecule has 1 N–H and O–H groups in total. The number of ether oxygens (including phenoxy) is 1. The average Bonchev–Trinajstić information content (AvgIpc) is 2.84. The highest BCUT2D eigenvalue weighted by atomic mass is 32.2. The molecule has 2 amide bonds. The standard InChI is InChI=1S/C16H19N3O4.C6H8N2O3S/c1-2-18(16(21)22)8-9-23-14-10-15(20)19(17-11-14)12-13-6-4-3-5-7-13;9-5-7-2-1-3-12-6(7)4-8(10)11/h3-7,10-11H,2,8-9,12H2,1H3,(H,21,22);4-5H,1-3H2. The van der Waals surface area contributed by atoms with E-state index in [1.165, 1.54) is 38.5 Å². The minimum absolute atomic E-state index is 0.171. The van der Waals surface area contributed by atoms with Gasteiger partial charge in [0.15, 0.2) is 0 Å². The Morgan fingerprint density at radius 3 is 2.71 bits per heavy atom. The van der Waals surface area contributed by atoms with Crippen molar-refractivity contribution in [2.45, 2.75) is 19.9 Å². The summed E-state index contributed by atoms with van der Waals surface area (Å²) in [5.74, 6) is 1.17. The summed E-state index contributed by atoms with van der Waals surface area (Å²) in [5, 5.41) is 23.5. The predicted molar refractivity (Wildman–Crippen MR) is 130 cm³/mol. The fourth-order valence-corrected chi connectivity index (χ4v) is 3.89. The molecule has 3 rings (SSSR count). The van der Waals surface area contributed by atoms with E-state index in [1.54, 1.807) is 6.92 Å². The van der Waals surface area contributed by atoms with Gasteiger partial charge in [0.25, 0.3) is 11.8 Å². The van der Waals surface area contributed by atoms with E-state index in [2.05, 4.69) is 5.10 Å². The second-order valence-corrected chi connectivity index (χ2v) is 8.25. The molecule has 2 heterocycles. The van der Waals surface area contributed by atoms with Crippen LogP contribution in [0.25, 0.3) is 0 Å². The van der Waals surface area contributed by atoms with Gasteiger partial charge < -0.3 is 19.6 Å². The summed E-state index contributed by atoms with van der Waals surface area (Å²) in [4.78, 5) is 45.4. The topological polar surface area (TPSA) is 148 Å². The average molecular weight is 506 g/mol. The van der Waals surface area contributed by atoms with Crippen LogP contribution in [0.3, 0.4) is 0 Å². The summed E-state index contributed by atoms with van der Waals surface area (Å²) in [6, 6.07) is 10.9. The van der Waals surface area contributed by atoms with E-state index in [-0.39, 0.29) is 18.7 Å². The summed E-state index contributed by atoms with van der Waals surface area (Å²) in [7, 11) is 0. The van der Waals surface area contributed by atoms with Crippen molar-refractivity contribution in [3.8, 4) is 5.75 Å². The zero-order chi connectivity index (χ0) is 25.6. The Kier molecular flexibility index (Phi) is 11.3. The molecular formula is C22H27N5O7S. The Hall–Kier alpha value is -3.87. The number of thioether (sulfide) groups is 1. The van der Waals surface area contributed by atoms with Crippen LogP contribution in [-0.4, -0.2) is 74.1 Å². The second kappa shape index (κ2) is 14.4. The van der Waals surface area contributed by atoms with Crippen molar-refractivity contribution in [1.29, 1.82) is 0 Å². The first kappa shape index (κ1) is 27.4. The van der Waals surface area contributed by atoms with E-state index < -0.39 is 11.0 Å². The first-order chi connectivity index (χ1) is 16.8. The highest BCUT2D eigenvalue weighted by molar-refractivity contribution is 8.03. The number of carboxylic acid groups (broad SMARTS) is 1. The monoisotopic (exact) mass is 505 g/mol. The first-order valence-corrected chi connectivity index (χ1v) is 11.7. The molecule has 188 valence electrons. The quantitative estimate of drug-likeness (QED) is 0.308. The zero-order valence-corrected chi connectivity index (χ0v) is 20.0. The van der Waals surface area contributed by atoms with Gasteiger partial charge in [-0.25, -0.2) is 9.48 Å². The molecule has 1 aliphatic heterocycles. The van der Waals surface area contributed by atoms with Crippen molar-refractivity contribution in [2.75, 3.05) is 32.0 Å². The van der Waals surface area contributed by atoms with Crippen LogP contribution >= 0.6 is 11.8 Å². The number of benzene rings is 1. The smallest absolute Gasteiger partial charge is 0.407 e. The van der Waals surface area contributed by atoms with E-state index in [1.807, 2.05) is 30.3 Å². The van der Waals surface area contributed by atoms with Crippen LogP contribution in [0, 0.1) is 10.1 Å². The lowest BCUT2D eigenvalue weighted by Gasteiger charge is -2.22. The molecule has 1 aromatic heterocycles. The van der Waals surface area contributed by atoms with Crippen LogP contribution in [0.5, 0.6) is 5.75 Å². The number of rotatable bonds is 9. The molecule has 0 bridgehead atoms. The normalized spacial score (nSPS) is 14.0. The SMILES string of the molecule is CCN(CCOc1cnn(Cc2ccccc2)c(=O)c1)C(=O)O.O=CN1CCCSC1=C[N+](=O)[O-]. The van der Waals surface area contributed by atoms with Crippen molar-refractivity contribution in [3.63, 3.8) is 0 Å². The van der Waals surface area contributed by atoms with Crippen LogP contribution in [-0.2, 0) is 11.3 Å². The Labute approximate surface area is 205 Å². The van der Waals surface area contributed by atoms with Gasteiger partial charge in [-0.05, 0) is 18.9 Å². The molecule has 12 nitrogen and oxygen atoms in total. The molecule has 35 heavy (non-hydrogen) atoms. The Morgan fingerprint density at radius 2 is 2.11 bits per heavy atom. The highest BCUT2D eigenvalue weighted by Gasteiger charge is 2.17. The summed E-state index contributed by atoms with van der Waals surface area (Å²) >= 11 is 1.34. The summed E-state index contributed by atoms with van der Waals surface area (Å²) < 4.78 is 6.74. The summed E-state index contributed by atoms with van der Waals surface area (Å²) in [6.07, 6.45) is 2.85. The number of nitro groups is 1. The molecule has 13 heteroatoms. The third-order valence-electron chi connectivity index (χ3n) is 4.72. The fraction of sp³-hybridized carbons (Fsp3) is 0.364. The van der Waals surface area contributed by atoms with E-state index in [9.17, 15) is 24.5 Å². The van der Waals surface area contributed by atoms with Crippen molar-refractivity contribution in [1.82, 2.24) is 19.6 Å². The number of carbonyl (C=O) groups is 2. The van der Waals surface area contributed by atoms with Gasteiger partial charge in [-0.15, -0.1) is 11.8 Å². The third-order valence-corrected chi connectivity index (χ3v) is 5.85. The largest absolute Gasteiger partial charge is 0.490 e. The minimum Gasteiger partial charge on any atom is -0.490 e. The number of amides is 2. The number of aromatic nitrogens is 2. The molecule has 1 aliphatic rings. The van der Waals surface area contributed by atoms with Crippen molar-refractivity contribution in [2.24, 2.45) is 0 Å². The number of carbonyl (C=O) groups excluding carboxylic acids is 1. The molecule has 0 atom stereocenters. The van der Waals surface area contributed by atoms with Gasteiger partial charge in [0, 0.05) is 24.9 Å². The van der Waals surface area contributed by atoms with E-state index in [0.717, 1.165) is 23.9 Å². The fourth-order valence-electron chi connectivity index (χ4n) is 2.94. The molecule has 0 spiro atoms. The van der Waals surface area contributed by atoms with Crippen LogP contribution in [0.1, 0.15) is 18.9 Å². The van der Waals surface area contributed by atoms with Gasteiger partial charge in [0.2, 0.25) is 6.41 Å². The van der Waals surface area contributed by atoms with E-state index in [0.29, 0.717) is 36.8 Å². The van der Waals surface area contributed by atoms with Crippen molar-refractivity contribution >= 4 is 24.3 Å². The van der Waals surface area contributed by atoms with Gasteiger partial charge in [-0.3, -0.25) is 19.7 Å². The Balaban J connectivity index is 0.000000303. The molecule has 0 aliphatic carbocycles. The number of likely N-dealkylation sites (N-methyl/N-ethyl adjacent to an activating group) is 1.